The van der Waals surface area contributed by atoms with E-state index in [0.717, 1.165) is 19.0 Å². The van der Waals surface area contributed by atoms with Gasteiger partial charge in [0, 0.05) is 26.2 Å². The second kappa shape index (κ2) is 10.9. The Hall–Kier alpha value is -0.820. The van der Waals surface area contributed by atoms with Crippen LogP contribution >= 0.6 is 24.0 Å². The summed E-state index contributed by atoms with van der Waals surface area (Å²) >= 11 is 0. The maximum absolute atomic E-state index is 4.33. The molecule has 23 heavy (non-hydrogen) atoms. The zero-order valence-electron chi connectivity index (χ0n) is 14.6. The van der Waals surface area contributed by atoms with Gasteiger partial charge < -0.3 is 10.6 Å². The van der Waals surface area contributed by atoms with Crippen molar-refractivity contribution in [3.8, 4) is 0 Å². The Morgan fingerprint density at radius 2 is 2.00 bits per heavy atom. The average Bonchev–Trinajstić information content (AvgIpc) is 3.05. The number of aliphatic imine (C=N–C) groups is 1. The summed E-state index contributed by atoms with van der Waals surface area (Å²) in [4.78, 5) is 6.93. The van der Waals surface area contributed by atoms with Gasteiger partial charge in [-0.25, -0.2) is 0 Å². The van der Waals surface area contributed by atoms with E-state index in [2.05, 4.69) is 58.6 Å². The SMILES string of the molecule is CCC(CNC(=NC)NCc1cccc(C)c1)N1CCCC1.I. The molecule has 0 aromatic heterocycles. The van der Waals surface area contributed by atoms with Crippen LogP contribution in [-0.2, 0) is 6.54 Å². The molecule has 1 heterocycles. The molecule has 1 aromatic rings. The predicted octanol–water partition coefficient (Wildman–Crippen LogP) is 3.15. The van der Waals surface area contributed by atoms with Gasteiger partial charge in [-0.15, -0.1) is 24.0 Å². The van der Waals surface area contributed by atoms with Crippen molar-refractivity contribution in [1.82, 2.24) is 15.5 Å². The van der Waals surface area contributed by atoms with Gasteiger partial charge in [0.15, 0.2) is 5.96 Å². The second-order valence-corrected chi connectivity index (χ2v) is 6.10. The van der Waals surface area contributed by atoms with Crippen LogP contribution < -0.4 is 10.6 Å². The lowest BCUT2D eigenvalue weighted by Gasteiger charge is -2.27. The minimum Gasteiger partial charge on any atom is -0.355 e. The monoisotopic (exact) mass is 430 g/mol. The molecule has 0 radical (unpaired) electrons. The summed E-state index contributed by atoms with van der Waals surface area (Å²) in [6, 6.07) is 9.19. The van der Waals surface area contributed by atoms with Crippen LogP contribution in [0.4, 0.5) is 0 Å². The fourth-order valence-corrected chi connectivity index (χ4v) is 3.08. The molecule has 0 saturated carbocycles. The Kier molecular flexibility index (Phi) is 9.55. The molecule has 1 unspecified atom stereocenters. The Labute approximate surface area is 158 Å². The van der Waals surface area contributed by atoms with Crippen molar-refractivity contribution in [2.75, 3.05) is 26.7 Å². The van der Waals surface area contributed by atoms with Gasteiger partial charge in [-0.2, -0.15) is 0 Å². The fraction of sp³-hybridized carbons (Fsp3) is 0.611. The molecule has 0 amide bonds. The van der Waals surface area contributed by atoms with E-state index in [9.17, 15) is 0 Å². The highest BCUT2D eigenvalue weighted by Crippen LogP contribution is 2.13. The maximum atomic E-state index is 4.33. The fourth-order valence-electron chi connectivity index (χ4n) is 3.08. The predicted molar refractivity (Wildman–Crippen MR) is 110 cm³/mol. The molecular formula is C18H31IN4. The largest absolute Gasteiger partial charge is 0.355 e. The quantitative estimate of drug-likeness (QED) is 0.414. The molecule has 0 bridgehead atoms. The number of hydrogen-bond acceptors (Lipinski definition) is 2. The number of nitrogens with zero attached hydrogens (tertiary/aromatic N) is 2. The first-order valence-electron chi connectivity index (χ1n) is 8.47. The van der Waals surface area contributed by atoms with Gasteiger partial charge in [-0.3, -0.25) is 9.89 Å². The van der Waals surface area contributed by atoms with Gasteiger partial charge in [0.1, 0.15) is 0 Å². The summed E-state index contributed by atoms with van der Waals surface area (Å²) in [5.41, 5.74) is 2.58. The van der Waals surface area contributed by atoms with E-state index >= 15 is 0 Å². The molecule has 0 aliphatic carbocycles. The van der Waals surface area contributed by atoms with E-state index in [4.69, 9.17) is 0 Å². The minimum absolute atomic E-state index is 0. The Balaban J connectivity index is 0.00000264. The summed E-state index contributed by atoms with van der Waals surface area (Å²) in [6.45, 7) is 8.66. The number of likely N-dealkylation sites (tertiary alicyclic amines) is 1. The topological polar surface area (TPSA) is 39.7 Å². The highest BCUT2D eigenvalue weighted by atomic mass is 127. The average molecular weight is 430 g/mol. The van der Waals surface area contributed by atoms with Crippen LogP contribution in [0.1, 0.15) is 37.3 Å². The number of rotatable bonds is 6. The van der Waals surface area contributed by atoms with E-state index in [1.165, 1.54) is 43.5 Å². The number of hydrogen-bond donors (Lipinski definition) is 2. The molecule has 1 aliphatic rings. The molecule has 1 atom stereocenters. The summed E-state index contributed by atoms with van der Waals surface area (Å²) < 4.78 is 0. The molecule has 1 aliphatic heterocycles. The van der Waals surface area contributed by atoms with Gasteiger partial charge in [0.05, 0.1) is 0 Å². The summed E-state index contributed by atoms with van der Waals surface area (Å²) in [5, 5.41) is 6.88. The van der Waals surface area contributed by atoms with Gasteiger partial charge in [-0.05, 0) is 44.8 Å². The van der Waals surface area contributed by atoms with E-state index in [1.54, 1.807) is 0 Å². The van der Waals surface area contributed by atoms with Gasteiger partial charge in [0.25, 0.3) is 0 Å². The maximum Gasteiger partial charge on any atom is 0.191 e. The molecule has 0 spiro atoms. The Morgan fingerprint density at radius 3 is 2.61 bits per heavy atom. The standard InChI is InChI=1S/C18H30N4.HI/c1-4-17(22-10-5-6-11-22)14-21-18(19-3)20-13-16-9-7-8-15(2)12-16;/h7-9,12,17H,4-6,10-11,13-14H2,1-3H3,(H2,19,20,21);1H. The molecule has 4 nitrogen and oxygen atoms in total. The van der Waals surface area contributed by atoms with E-state index in [0.29, 0.717) is 6.04 Å². The summed E-state index contributed by atoms with van der Waals surface area (Å²) in [7, 11) is 1.84. The smallest absolute Gasteiger partial charge is 0.191 e. The zero-order chi connectivity index (χ0) is 15.8. The summed E-state index contributed by atoms with van der Waals surface area (Å²) in [5.74, 6) is 0.888. The van der Waals surface area contributed by atoms with Gasteiger partial charge >= 0.3 is 0 Å². The first-order chi connectivity index (χ1) is 10.7. The van der Waals surface area contributed by atoms with Crippen LogP contribution in [-0.4, -0.2) is 43.6 Å². The number of guanidine groups is 1. The van der Waals surface area contributed by atoms with Crippen molar-refractivity contribution in [2.24, 2.45) is 4.99 Å². The highest BCUT2D eigenvalue weighted by molar-refractivity contribution is 14.0. The molecule has 1 aromatic carbocycles. The van der Waals surface area contributed by atoms with Crippen LogP contribution in [0.3, 0.4) is 0 Å². The first kappa shape index (κ1) is 20.2. The third-order valence-corrected chi connectivity index (χ3v) is 4.40. The van der Waals surface area contributed by atoms with Crippen molar-refractivity contribution < 1.29 is 0 Å². The second-order valence-electron chi connectivity index (χ2n) is 6.10. The van der Waals surface area contributed by atoms with Crippen LogP contribution in [0.5, 0.6) is 0 Å². The van der Waals surface area contributed by atoms with Crippen molar-refractivity contribution >= 4 is 29.9 Å². The normalized spacial score (nSPS) is 16.7. The van der Waals surface area contributed by atoms with Gasteiger partial charge in [-0.1, -0.05) is 36.8 Å². The molecular weight excluding hydrogens is 399 g/mol. The van der Waals surface area contributed by atoms with Crippen molar-refractivity contribution in [3.05, 3.63) is 35.4 Å². The third kappa shape index (κ3) is 6.67. The Bertz CT molecular complexity index is 484. The number of nitrogens with one attached hydrogen (secondary N) is 2. The lowest BCUT2D eigenvalue weighted by Crippen LogP contribution is -2.46. The van der Waals surface area contributed by atoms with Gasteiger partial charge in [0.2, 0.25) is 0 Å². The zero-order valence-corrected chi connectivity index (χ0v) is 17.0. The van der Waals surface area contributed by atoms with E-state index < -0.39 is 0 Å². The molecule has 130 valence electrons. The number of halogens is 1. The van der Waals surface area contributed by atoms with Crippen LogP contribution in [0.25, 0.3) is 0 Å². The molecule has 5 heteroatoms. The van der Waals surface area contributed by atoms with Crippen molar-refractivity contribution in [2.45, 2.75) is 45.7 Å². The van der Waals surface area contributed by atoms with Crippen LogP contribution in [0.15, 0.2) is 29.3 Å². The molecule has 2 N–H and O–H groups in total. The first-order valence-corrected chi connectivity index (χ1v) is 8.47. The number of aryl methyl sites for hydroxylation is 1. The number of benzene rings is 1. The third-order valence-electron chi connectivity index (χ3n) is 4.40. The summed E-state index contributed by atoms with van der Waals surface area (Å²) in [6.07, 6.45) is 3.87. The molecule has 2 rings (SSSR count). The molecule has 1 fully saturated rings. The minimum atomic E-state index is 0. The van der Waals surface area contributed by atoms with E-state index in [1.807, 2.05) is 7.05 Å². The lowest BCUT2D eigenvalue weighted by molar-refractivity contribution is 0.236. The molecule has 1 saturated heterocycles. The Morgan fingerprint density at radius 1 is 1.26 bits per heavy atom. The lowest BCUT2D eigenvalue weighted by atomic mass is 10.1. The van der Waals surface area contributed by atoms with Crippen molar-refractivity contribution in [3.63, 3.8) is 0 Å². The highest BCUT2D eigenvalue weighted by Gasteiger charge is 2.20. The van der Waals surface area contributed by atoms with Crippen LogP contribution in [0, 0.1) is 6.92 Å². The van der Waals surface area contributed by atoms with Crippen molar-refractivity contribution in [1.29, 1.82) is 0 Å². The van der Waals surface area contributed by atoms with Crippen LogP contribution in [0.2, 0.25) is 0 Å². The van der Waals surface area contributed by atoms with E-state index in [-0.39, 0.29) is 24.0 Å².